The zero-order valence-electron chi connectivity index (χ0n) is 12.1. The van der Waals surface area contributed by atoms with Crippen LogP contribution in [0.1, 0.15) is 30.6 Å². The van der Waals surface area contributed by atoms with E-state index in [-0.39, 0.29) is 17.6 Å². The van der Waals surface area contributed by atoms with Gasteiger partial charge in [0.25, 0.3) is 0 Å². The van der Waals surface area contributed by atoms with E-state index in [1.807, 2.05) is 0 Å². The van der Waals surface area contributed by atoms with Crippen LogP contribution in [-0.4, -0.2) is 42.5 Å². The number of hydrogen-bond donors (Lipinski definition) is 3. The van der Waals surface area contributed by atoms with E-state index in [0.717, 1.165) is 13.0 Å². The molecule has 3 N–H and O–H groups in total. The fourth-order valence-electron chi connectivity index (χ4n) is 1.75. The van der Waals surface area contributed by atoms with Crippen molar-refractivity contribution in [2.45, 2.75) is 20.3 Å². The summed E-state index contributed by atoms with van der Waals surface area (Å²) in [5, 5.41) is 21.0. The molecule has 0 fully saturated rings. The summed E-state index contributed by atoms with van der Waals surface area (Å²) in [5.41, 5.74) is 0.318. The summed E-state index contributed by atoms with van der Waals surface area (Å²) in [6, 6.07) is 6.35. The molecule has 5 nitrogen and oxygen atoms in total. The minimum Gasteiger partial charge on any atom is -0.492 e. The van der Waals surface area contributed by atoms with E-state index in [1.165, 1.54) is 12.1 Å². The number of aromatic carboxylic acids is 1. The maximum Gasteiger partial charge on any atom is 0.335 e. The monoisotopic (exact) mass is 281 g/mol. The molecule has 0 aromatic heterocycles. The molecule has 112 valence electrons. The van der Waals surface area contributed by atoms with Crippen molar-refractivity contribution in [3.8, 4) is 5.75 Å². The quantitative estimate of drug-likeness (QED) is 0.601. The Balaban J connectivity index is 2.23. The molecule has 0 aliphatic rings. The van der Waals surface area contributed by atoms with E-state index < -0.39 is 5.97 Å². The minimum atomic E-state index is -0.940. The van der Waals surface area contributed by atoms with Crippen LogP contribution < -0.4 is 10.1 Å². The van der Waals surface area contributed by atoms with Crippen molar-refractivity contribution in [2.75, 3.05) is 26.3 Å². The molecule has 0 aliphatic carbocycles. The molecule has 0 amide bonds. The summed E-state index contributed by atoms with van der Waals surface area (Å²) in [6.45, 7) is 6.43. The fourth-order valence-corrected chi connectivity index (χ4v) is 1.75. The maximum atomic E-state index is 10.7. The van der Waals surface area contributed by atoms with Crippen molar-refractivity contribution >= 4 is 5.97 Å². The summed E-state index contributed by atoms with van der Waals surface area (Å²) in [5.74, 6) is -0.282. The molecular formula is C15H23NO4. The Morgan fingerprint density at radius 3 is 2.50 bits per heavy atom. The molecule has 0 unspecified atom stereocenters. The van der Waals surface area contributed by atoms with Crippen LogP contribution in [-0.2, 0) is 0 Å². The van der Waals surface area contributed by atoms with Crippen LogP contribution in [0.2, 0.25) is 0 Å². The molecule has 0 saturated carbocycles. The van der Waals surface area contributed by atoms with Crippen molar-refractivity contribution in [1.29, 1.82) is 0 Å². The molecule has 20 heavy (non-hydrogen) atoms. The molecule has 0 heterocycles. The zero-order chi connectivity index (χ0) is 15.0. The Labute approximate surface area is 119 Å². The Morgan fingerprint density at radius 2 is 1.95 bits per heavy atom. The van der Waals surface area contributed by atoms with Gasteiger partial charge in [-0.3, -0.25) is 0 Å². The highest BCUT2D eigenvalue weighted by molar-refractivity contribution is 5.87. The van der Waals surface area contributed by atoms with Crippen molar-refractivity contribution in [3.05, 3.63) is 29.8 Å². The molecule has 1 aromatic carbocycles. The third kappa shape index (κ3) is 6.04. The number of carboxylic acids is 1. The second-order valence-electron chi connectivity index (χ2n) is 5.49. The SMILES string of the molecule is CC(C)(CCO)CNCCOc1ccc(C(=O)O)cc1. The third-order valence-corrected chi connectivity index (χ3v) is 3.04. The number of carboxylic acid groups (broad SMARTS) is 1. The number of nitrogens with one attached hydrogen (secondary N) is 1. The Morgan fingerprint density at radius 1 is 1.30 bits per heavy atom. The maximum absolute atomic E-state index is 10.7. The van der Waals surface area contributed by atoms with Crippen LogP contribution in [0.5, 0.6) is 5.75 Å². The summed E-state index contributed by atoms with van der Waals surface area (Å²) in [4.78, 5) is 10.7. The van der Waals surface area contributed by atoms with Crippen LogP contribution in [0.15, 0.2) is 24.3 Å². The first-order valence-corrected chi connectivity index (χ1v) is 6.72. The van der Waals surface area contributed by atoms with Gasteiger partial charge in [0, 0.05) is 19.7 Å². The number of rotatable bonds is 9. The first kappa shape index (κ1) is 16.5. The molecule has 1 aromatic rings. The second kappa shape index (κ2) is 7.87. The van der Waals surface area contributed by atoms with Gasteiger partial charge < -0.3 is 20.3 Å². The van der Waals surface area contributed by atoms with Gasteiger partial charge in [0.15, 0.2) is 0 Å². The standard InChI is InChI=1S/C15H23NO4/c1-15(2,7-9-17)11-16-8-10-20-13-5-3-12(4-6-13)14(18)19/h3-6,16-17H,7-11H2,1-2H3,(H,18,19). The number of ether oxygens (including phenoxy) is 1. The highest BCUT2D eigenvalue weighted by atomic mass is 16.5. The van der Waals surface area contributed by atoms with Crippen molar-refractivity contribution < 1.29 is 19.7 Å². The Kier molecular flexibility index (Phi) is 6.48. The zero-order valence-corrected chi connectivity index (χ0v) is 12.1. The van der Waals surface area contributed by atoms with E-state index in [0.29, 0.717) is 18.9 Å². The molecule has 0 saturated heterocycles. The normalized spacial score (nSPS) is 11.3. The lowest BCUT2D eigenvalue weighted by Crippen LogP contribution is -2.32. The van der Waals surface area contributed by atoms with Crippen LogP contribution in [0, 0.1) is 5.41 Å². The predicted molar refractivity (Wildman–Crippen MR) is 77.2 cm³/mol. The smallest absolute Gasteiger partial charge is 0.335 e. The van der Waals surface area contributed by atoms with Gasteiger partial charge in [0.05, 0.1) is 5.56 Å². The fraction of sp³-hybridized carbons (Fsp3) is 0.533. The largest absolute Gasteiger partial charge is 0.492 e. The van der Waals surface area contributed by atoms with Crippen LogP contribution >= 0.6 is 0 Å². The highest BCUT2D eigenvalue weighted by Crippen LogP contribution is 2.17. The average molecular weight is 281 g/mol. The van der Waals surface area contributed by atoms with Gasteiger partial charge in [-0.05, 0) is 36.1 Å². The Bertz CT molecular complexity index is 414. The first-order chi connectivity index (χ1) is 9.44. The van der Waals surface area contributed by atoms with E-state index in [1.54, 1.807) is 12.1 Å². The number of hydrogen-bond acceptors (Lipinski definition) is 4. The first-order valence-electron chi connectivity index (χ1n) is 6.72. The number of aliphatic hydroxyl groups is 1. The second-order valence-corrected chi connectivity index (χ2v) is 5.49. The topological polar surface area (TPSA) is 78.8 Å². The van der Waals surface area contributed by atoms with Gasteiger partial charge in [-0.1, -0.05) is 13.8 Å². The van der Waals surface area contributed by atoms with Gasteiger partial charge >= 0.3 is 5.97 Å². The van der Waals surface area contributed by atoms with Crippen LogP contribution in [0.25, 0.3) is 0 Å². The third-order valence-electron chi connectivity index (χ3n) is 3.04. The van der Waals surface area contributed by atoms with Gasteiger partial charge in [-0.2, -0.15) is 0 Å². The molecule has 1 rings (SSSR count). The van der Waals surface area contributed by atoms with E-state index >= 15 is 0 Å². The number of benzene rings is 1. The molecule has 0 radical (unpaired) electrons. The van der Waals surface area contributed by atoms with Crippen molar-refractivity contribution in [1.82, 2.24) is 5.32 Å². The predicted octanol–water partition coefficient (Wildman–Crippen LogP) is 1.76. The van der Waals surface area contributed by atoms with E-state index in [2.05, 4.69) is 19.2 Å². The molecule has 0 atom stereocenters. The summed E-state index contributed by atoms with van der Waals surface area (Å²) >= 11 is 0. The summed E-state index contributed by atoms with van der Waals surface area (Å²) in [6.07, 6.45) is 0.761. The highest BCUT2D eigenvalue weighted by Gasteiger charge is 2.15. The number of aliphatic hydroxyl groups excluding tert-OH is 1. The summed E-state index contributed by atoms with van der Waals surface area (Å²) < 4.78 is 5.51. The van der Waals surface area contributed by atoms with Gasteiger partial charge in [-0.15, -0.1) is 0 Å². The van der Waals surface area contributed by atoms with Crippen molar-refractivity contribution in [3.63, 3.8) is 0 Å². The minimum absolute atomic E-state index is 0.0673. The lowest BCUT2D eigenvalue weighted by Gasteiger charge is -2.23. The lowest BCUT2D eigenvalue weighted by molar-refractivity contribution is 0.0697. The van der Waals surface area contributed by atoms with Crippen molar-refractivity contribution in [2.24, 2.45) is 5.41 Å². The van der Waals surface area contributed by atoms with Gasteiger partial charge in [-0.25, -0.2) is 4.79 Å². The van der Waals surface area contributed by atoms with E-state index in [9.17, 15) is 4.79 Å². The molecule has 0 bridgehead atoms. The van der Waals surface area contributed by atoms with Crippen LogP contribution in [0.4, 0.5) is 0 Å². The molecule has 0 aliphatic heterocycles. The molecule has 5 heteroatoms. The molecular weight excluding hydrogens is 258 g/mol. The number of carbonyl (C=O) groups is 1. The van der Waals surface area contributed by atoms with Gasteiger partial charge in [0.1, 0.15) is 12.4 Å². The summed E-state index contributed by atoms with van der Waals surface area (Å²) in [7, 11) is 0. The van der Waals surface area contributed by atoms with Crippen LogP contribution in [0.3, 0.4) is 0 Å². The lowest BCUT2D eigenvalue weighted by atomic mass is 9.90. The van der Waals surface area contributed by atoms with E-state index in [4.69, 9.17) is 14.9 Å². The van der Waals surface area contributed by atoms with Gasteiger partial charge in [0.2, 0.25) is 0 Å². The molecule has 0 spiro atoms. The average Bonchev–Trinajstić information content (AvgIpc) is 2.38. The Hall–Kier alpha value is -1.59.